The molecule has 0 amide bonds. The van der Waals surface area contributed by atoms with E-state index in [-0.39, 0.29) is 35.6 Å². The summed E-state index contributed by atoms with van der Waals surface area (Å²) in [6, 6.07) is 35.3. The van der Waals surface area contributed by atoms with E-state index in [1.807, 2.05) is 0 Å². The molecule has 2 saturated carbocycles. The van der Waals surface area contributed by atoms with Crippen LogP contribution in [-0.2, 0) is 32.1 Å². The zero-order chi connectivity index (χ0) is 36.0. The molecule has 0 bridgehead atoms. The fraction of sp³-hybridized carbons (Fsp3) is 0.431. The Balaban J connectivity index is 0.00000249. The van der Waals surface area contributed by atoms with Crippen molar-refractivity contribution in [1.82, 2.24) is 0 Å². The summed E-state index contributed by atoms with van der Waals surface area (Å²) in [5.41, 5.74) is 15.3. The predicted octanol–water partition coefficient (Wildman–Crippen LogP) is 8.19. The van der Waals surface area contributed by atoms with Gasteiger partial charge in [0.2, 0.25) is 0 Å². The van der Waals surface area contributed by atoms with Crippen molar-refractivity contribution in [3.8, 4) is 11.1 Å². The largest absolute Gasteiger partial charge is 1.00 e. The first kappa shape index (κ1) is 41.3. The molecule has 8 rings (SSSR count). The molecule has 0 aromatic heterocycles. The van der Waals surface area contributed by atoms with E-state index in [9.17, 15) is 0 Å². The monoisotopic (exact) mass is 832 g/mol. The van der Waals surface area contributed by atoms with Gasteiger partial charge in [-0.3, -0.25) is 0 Å². The topological polar surface area (TPSA) is 0 Å². The normalized spacial score (nSPS) is 17.5. The number of allylic oxidation sites excluding steroid dienone is 4. The molecule has 3 heteroatoms. The van der Waals surface area contributed by atoms with Crippen LogP contribution in [0.1, 0.15) is 172 Å². The molecule has 0 saturated heterocycles. The van der Waals surface area contributed by atoms with Crippen molar-refractivity contribution in [3.63, 3.8) is 0 Å². The van der Waals surface area contributed by atoms with Crippen molar-refractivity contribution in [3.05, 3.63) is 151 Å². The summed E-state index contributed by atoms with van der Waals surface area (Å²) in [5, 5.41) is 0. The van der Waals surface area contributed by atoms with Crippen LogP contribution in [0.2, 0.25) is 0 Å². The van der Waals surface area contributed by atoms with Crippen LogP contribution in [0.5, 0.6) is 0 Å². The standard InChI is InChI=1S/C25H30.C21H25.C5H5.2ClH.Zr/c1-3-7-22(8-4-1)24-15-11-20(12-16-24)19-21-13-17-25(18-14-21)23-9-5-2-6-10-23;1-20(2,3)16-7-9-18-14(12-16)11-15-13-17(21(4,5)6)8-10-19(15)18;1-2-4-5-3-1;;;/h11-18,22-23H,1-10H2;7-13H,1-6H3;1-3H,4H2;2*1H;/q;;;;;+2/p-2. The second-order valence-electron chi connectivity index (χ2n) is 18.6. The molecule has 4 aromatic rings. The van der Waals surface area contributed by atoms with E-state index in [4.69, 9.17) is 0 Å². The molecule has 0 spiro atoms. The molecule has 2 fully saturated rings. The SMILES string of the molecule is CC(C)(C)c1ccc2c(c1)[CH]([Zr+2]([C]1=CC=CC1)=[C](c1ccc(C3CCCCC3)cc1)c1ccc(C3CCCCC3)cc1)c1cc(C(C)(C)C)ccc1-2.[Cl-].[Cl-]. The Morgan fingerprint density at radius 3 is 1.33 bits per heavy atom. The third-order valence-corrected chi connectivity index (χ3v) is 21.3. The zero-order valence-electron chi connectivity index (χ0n) is 33.6. The second kappa shape index (κ2) is 17.0. The van der Waals surface area contributed by atoms with Gasteiger partial charge in [-0.05, 0) is 0 Å². The van der Waals surface area contributed by atoms with Gasteiger partial charge in [-0.1, -0.05) is 0 Å². The van der Waals surface area contributed by atoms with Crippen molar-refractivity contribution >= 4 is 3.21 Å². The summed E-state index contributed by atoms with van der Waals surface area (Å²) < 4.78 is 3.85. The zero-order valence-corrected chi connectivity index (χ0v) is 37.6. The van der Waals surface area contributed by atoms with Gasteiger partial charge in [0, 0.05) is 0 Å². The molecule has 4 aliphatic carbocycles. The molecule has 0 radical (unpaired) electrons. The Hall–Kier alpha value is -2.31. The van der Waals surface area contributed by atoms with Gasteiger partial charge in [0.15, 0.2) is 0 Å². The minimum absolute atomic E-state index is 0. The van der Waals surface area contributed by atoms with Crippen LogP contribution < -0.4 is 24.8 Å². The van der Waals surface area contributed by atoms with Crippen LogP contribution in [-0.4, -0.2) is 3.21 Å². The summed E-state index contributed by atoms with van der Waals surface area (Å²) in [4.78, 5) is 0. The van der Waals surface area contributed by atoms with E-state index >= 15 is 0 Å². The second-order valence-corrected chi connectivity index (χ2v) is 24.8. The molecule has 0 heterocycles. The third-order valence-electron chi connectivity index (χ3n) is 13.0. The van der Waals surface area contributed by atoms with Gasteiger partial charge >= 0.3 is 325 Å². The Morgan fingerprint density at radius 1 is 0.537 bits per heavy atom. The van der Waals surface area contributed by atoms with Crippen LogP contribution in [0.25, 0.3) is 11.1 Å². The van der Waals surface area contributed by atoms with E-state index in [0.29, 0.717) is 3.63 Å². The predicted molar refractivity (Wildman–Crippen MR) is 221 cm³/mol. The van der Waals surface area contributed by atoms with Crippen LogP contribution in [0.4, 0.5) is 0 Å². The van der Waals surface area contributed by atoms with E-state index < -0.39 is 21.3 Å². The maximum absolute atomic E-state index is 2.80. The van der Waals surface area contributed by atoms with E-state index in [2.05, 4.69) is 145 Å². The summed E-state index contributed by atoms with van der Waals surface area (Å²) in [7, 11) is 0. The molecule has 0 nitrogen and oxygen atoms in total. The smallest absolute Gasteiger partial charge is 1.00 e. The van der Waals surface area contributed by atoms with Crippen molar-refractivity contribution in [2.75, 3.05) is 0 Å². The van der Waals surface area contributed by atoms with Crippen molar-refractivity contribution in [2.45, 2.75) is 138 Å². The Labute approximate surface area is 347 Å². The van der Waals surface area contributed by atoms with Gasteiger partial charge < -0.3 is 24.8 Å². The number of halogens is 2. The maximum atomic E-state index is 2.64. The van der Waals surface area contributed by atoms with Crippen molar-refractivity contribution in [1.29, 1.82) is 0 Å². The van der Waals surface area contributed by atoms with Gasteiger partial charge in [0.1, 0.15) is 0 Å². The summed E-state index contributed by atoms with van der Waals surface area (Å²) in [6.07, 6.45) is 22.1. The molecule has 282 valence electrons. The minimum atomic E-state index is -2.80. The molecule has 0 N–H and O–H groups in total. The van der Waals surface area contributed by atoms with E-state index in [1.54, 1.807) is 28.7 Å². The third kappa shape index (κ3) is 8.36. The maximum Gasteiger partial charge on any atom is -1.00 e. The minimum Gasteiger partial charge on any atom is -1.00 e. The molecular weight excluding hydrogens is 775 g/mol. The molecule has 0 aliphatic heterocycles. The molecule has 54 heavy (non-hydrogen) atoms. The number of hydrogen-bond acceptors (Lipinski definition) is 0. The summed E-state index contributed by atoms with van der Waals surface area (Å²) >= 11 is -2.80. The fourth-order valence-electron chi connectivity index (χ4n) is 9.84. The molecule has 0 unspecified atom stereocenters. The van der Waals surface area contributed by atoms with Crippen LogP contribution >= 0.6 is 0 Å². The van der Waals surface area contributed by atoms with E-state index in [0.717, 1.165) is 18.3 Å². The molecule has 4 aliphatic rings. The first-order valence-corrected chi connectivity index (χ1v) is 24.5. The van der Waals surface area contributed by atoms with Crippen molar-refractivity contribution < 1.29 is 46.1 Å². The Bertz CT molecular complexity index is 1890. The first-order valence-electron chi connectivity index (χ1n) is 20.7. The summed E-state index contributed by atoms with van der Waals surface area (Å²) in [5.74, 6) is 1.45. The molecular formula is C51H60Cl2Zr. The van der Waals surface area contributed by atoms with Crippen LogP contribution in [0.3, 0.4) is 0 Å². The average Bonchev–Trinajstić information content (AvgIpc) is 3.81. The Kier molecular flexibility index (Phi) is 13.0. The Morgan fingerprint density at radius 2 is 0.963 bits per heavy atom. The van der Waals surface area contributed by atoms with Gasteiger partial charge in [-0.2, -0.15) is 0 Å². The number of rotatable bonds is 6. The summed E-state index contributed by atoms with van der Waals surface area (Å²) in [6.45, 7) is 14.3. The van der Waals surface area contributed by atoms with Crippen LogP contribution in [0, 0.1) is 0 Å². The number of benzene rings is 4. The van der Waals surface area contributed by atoms with Gasteiger partial charge in [-0.25, -0.2) is 0 Å². The molecule has 4 aromatic carbocycles. The van der Waals surface area contributed by atoms with Crippen LogP contribution in [0.15, 0.2) is 106 Å². The van der Waals surface area contributed by atoms with E-state index in [1.165, 1.54) is 97.6 Å². The average molecular weight is 835 g/mol. The van der Waals surface area contributed by atoms with Gasteiger partial charge in [0.05, 0.1) is 0 Å². The first-order chi connectivity index (χ1) is 25.1. The van der Waals surface area contributed by atoms with Crippen molar-refractivity contribution in [2.24, 2.45) is 0 Å². The quantitative estimate of drug-likeness (QED) is 0.184. The fourth-order valence-corrected chi connectivity index (χ4v) is 18.8. The number of fused-ring (bicyclic) bond motifs is 3. The number of hydrogen-bond donors (Lipinski definition) is 0. The molecule has 0 atom stereocenters. The van der Waals surface area contributed by atoms with Gasteiger partial charge in [-0.15, -0.1) is 0 Å². The van der Waals surface area contributed by atoms with Gasteiger partial charge in [0.25, 0.3) is 0 Å².